The van der Waals surface area contributed by atoms with Crippen LogP contribution in [-0.4, -0.2) is 34.6 Å². The van der Waals surface area contributed by atoms with E-state index in [2.05, 4.69) is 0 Å². The summed E-state index contributed by atoms with van der Waals surface area (Å²) in [6.07, 6.45) is 4.78. The van der Waals surface area contributed by atoms with Crippen molar-refractivity contribution < 1.29 is 14.9 Å². The maximum Gasteiger partial charge on any atom is 0.0921 e. The van der Waals surface area contributed by atoms with E-state index in [4.69, 9.17) is 4.74 Å². The number of rotatable bonds is 2. The Balaban J connectivity index is 2.16. The fourth-order valence-electron chi connectivity index (χ4n) is 2.48. The summed E-state index contributed by atoms with van der Waals surface area (Å²) in [7, 11) is 0. The van der Waals surface area contributed by atoms with Crippen molar-refractivity contribution in [3.05, 3.63) is 0 Å². The molecule has 0 spiro atoms. The van der Waals surface area contributed by atoms with Crippen LogP contribution in [0.3, 0.4) is 0 Å². The fraction of sp³-hybridized carbons (Fsp3) is 1.00. The van der Waals surface area contributed by atoms with Gasteiger partial charge in [-0.05, 0) is 32.1 Å². The molecule has 0 aromatic carbocycles. The second-order valence-corrected chi connectivity index (χ2v) is 4.14. The Bertz CT molecular complexity index is 165. The van der Waals surface area contributed by atoms with E-state index >= 15 is 0 Å². The molecule has 2 N–H and O–H groups in total. The van der Waals surface area contributed by atoms with Crippen molar-refractivity contribution in [1.29, 1.82) is 0 Å². The van der Waals surface area contributed by atoms with Crippen LogP contribution in [0.25, 0.3) is 0 Å². The maximum atomic E-state index is 9.17. The number of aliphatic hydroxyl groups is 2. The third kappa shape index (κ3) is 1.08. The van der Waals surface area contributed by atoms with Crippen molar-refractivity contribution in [2.45, 2.75) is 43.3 Å². The third-order valence-corrected chi connectivity index (χ3v) is 3.31. The van der Waals surface area contributed by atoms with Gasteiger partial charge >= 0.3 is 0 Å². The Labute approximate surface area is 72.3 Å². The summed E-state index contributed by atoms with van der Waals surface area (Å²) in [6.45, 7) is 0.212. The van der Waals surface area contributed by atoms with E-state index in [9.17, 15) is 10.2 Å². The second kappa shape index (κ2) is 2.69. The first-order valence-electron chi connectivity index (χ1n) is 4.66. The van der Waals surface area contributed by atoms with Crippen LogP contribution in [0.5, 0.6) is 0 Å². The van der Waals surface area contributed by atoms with Crippen molar-refractivity contribution in [1.82, 2.24) is 0 Å². The number of ether oxygens (including phenoxy) is 1. The maximum absolute atomic E-state index is 9.17. The number of hydrogen-bond donors (Lipinski definition) is 2. The molecule has 2 atom stereocenters. The smallest absolute Gasteiger partial charge is 0.0921 e. The highest BCUT2D eigenvalue weighted by atomic mass is 16.6. The first kappa shape index (κ1) is 8.48. The summed E-state index contributed by atoms with van der Waals surface area (Å²) < 4.78 is 5.77. The van der Waals surface area contributed by atoms with Crippen molar-refractivity contribution in [2.24, 2.45) is 0 Å². The molecule has 0 radical (unpaired) electrons. The number of fused-ring (bicyclic) bond motifs is 2. The molecular weight excluding hydrogens is 156 g/mol. The summed E-state index contributed by atoms with van der Waals surface area (Å²) >= 11 is 0. The van der Waals surface area contributed by atoms with Gasteiger partial charge in [0.15, 0.2) is 0 Å². The first-order chi connectivity index (χ1) is 5.74. The minimum Gasteiger partial charge on any atom is -0.393 e. The van der Waals surface area contributed by atoms with E-state index in [1.165, 1.54) is 0 Å². The van der Waals surface area contributed by atoms with E-state index < -0.39 is 0 Å². The van der Waals surface area contributed by atoms with Gasteiger partial charge in [0.05, 0.1) is 24.4 Å². The van der Waals surface area contributed by atoms with E-state index in [1.807, 2.05) is 0 Å². The van der Waals surface area contributed by atoms with Crippen LogP contribution in [0.1, 0.15) is 32.1 Å². The zero-order valence-electron chi connectivity index (χ0n) is 7.25. The van der Waals surface area contributed by atoms with E-state index in [0.717, 1.165) is 32.1 Å². The largest absolute Gasteiger partial charge is 0.393 e. The van der Waals surface area contributed by atoms with Gasteiger partial charge in [0, 0.05) is 0 Å². The lowest BCUT2D eigenvalue weighted by Gasteiger charge is -2.38. The zero-order chi connectivity index (χ0) is 8.66. The third-order valence-electron chi connectivity index (χ3n) is 3.31. The molecule has 0 aromatic heterocycles. The molecule has 2 unspecified atom stereocenters. The normalized spacial score (nSPS) is 46.5. The Morgan fingerprint density at radius 3 is 1.83 bits per heavy atom. The lowest BCUT2D eigenvalue weighted by atomic mass is 9.94. The zero-order valence-corrected chi connectivity index (χ0v) is 7.25. The lowest BCUT2D eigenvalue weighted by molar-refractivity contribution is -0.171. The van der Waals surface area contributed by atoms with Crippen molar-refractivity contribution in [3.63, 3.8) is 0 Å². The Morgan fingerprint density at radius 2 is 1.42 bits per heavy atom. The quantitative estimate of drug-likeness (QED) is 0.635. The summed E-state index contributed by atoms with van der Waals surface area (Å²) in [5.41, 5.74) is -0.609. The molecule has 70 valence electrons. The first-order valence-corrected chi connectivity index (χ1v) is 4.66. The minimum absolute atomic E-state index is 0.106. The molecule has 2 bridgehead atoms. The topological polar surface area (TPSA) is 49.7 Å². The van der Waals surface area contributed by atoms with E-state index in [-0.39, 0.29) is 24.4 Å². The van der Waals surface area contributed by atoms with Gasteiger partial charge in [-0.3, -0.25) is 0 Å². The minimum atomic E-state index is -0.305. The lowest BCUT2D eigenvalue weighted by Crippen LogP contribution is -2.44. The van der Waals surface area contributed by atoms with Crippen LogP contribution >= 0.6 is 0 Å². The molecule has 12 heavy (non-hydrogen) atoms. The van der Waals surface area contributed by atoms with Gasteiger partial charge in [-0.2, -0.15) is 0 Å². The molecule has 0 aromatic rings. The highest BCUT2D eigenvalue weighted by Crippen LogP contribution is 2.47. The van der Waals surface area contributed by atoms with Crippen LogP contribution in [0.15, 0.2) is 0 Å². The molecule has 2 heterocycles. The molecule has 3 heteroatoms. The van der Waals surface area contributed by atoms with Gasteiger partial charge in [-0.25, -0.2) is 0 Å². The van der Waals surface area contributed by atoms with Gasteiger partial charge in [0.2, 0.25) is 0 Å². The van der Waals surface area contributed by atoms with E-state index in [0.29, 0.717) is 0 Å². The molecule has 2 aliphatic heterocycles. The molecule has 0 aliphatic carbocycles. The number of aliphatic hydroxyl groups excluding tert-OH is 2. The Hall–Kier alpha value is -0.120. The average molecular weight is 172 g/mol. The molecule has 0 amide bonds. The van der Waals surface area contributed by atoms with Crippen molar-refractivity contribution in [3.8, 4) is 0 Å². The monoisotopic (exact) mass is 172 g/mol. The fourth-order valence-corrected chi connectivity index (χ4v) is 2.48. The molecular formula is C9H16O3. The van der Waals surface area contributed by atoms with Crippen molar-refractivity contribution in [2.75, 3.05) is 13.2 Å². The SMILES string of the molecule is OCC12CCCC(CO)(CC1)O2. The summed E-state index contributed by atoms with van der Waals surface area (Å²) in [6, 6.07) is 0. The van der Waals surface area contributed by atoms with E-state index in [1.54, 1.807) is 0 Å². The molecule has 3 nitrogen and oxygen atoms in total. The van der Waals surface area contributed by atoms with Crippen LogP contribution < -0.4 is 0 Å². The Kier molecular flexibility index (Phi) is 1.90. The molecule has 0 saturated carbocycles. The highest BCUT2D eigenvalue weighted by molar-refractivity contribution is 5.01. The van der Waals surface area contributed by atoms with Gasteiger partial charge in [0.25, 0.3) is 0 Å². The molecule has 2 aliphatic rings. The second-order valence-electron chi connectivity index (χ2n) is 4.14. The average Bonchev–Trinajstić information content (AvgIpc) is 2.41. The van der Waals surface area contributed by atoms with Crippen LogP contribution in [-0.2, 0) is 4.74 Å². The molecule has 2 fully saturated rings. The summed E-state index contributed by atoms with van der Waals surface area (Å²) in [4.78, 5) is 0. The van der Waals surface area contributed by atoms with Crippen molar-refractivity contribution >= 4 is 0 Å². The van der Waals surface area contributed by atoms with Gasteiger partial charge < -0.3 is 14.9 Å². The molecule has 2 saturated heterocycles. The van der Waals surface area contributed by atoms with Gasteiger partial charge in [0.1, 0.15) is 0 Å². The van der Waals surface area contributed by atoms with Crippen LogP contribution in [0, 0.1) is 0 Å². The number of hydrogen-bond acceptors (Lipinski definition) is 3. The summed E-state index contributed by atoms with van der Waals surface area (Å²) in [5.74, 6) is 0. The predicted molar refractivity (Wildman–Crippen MR) is 43.8 cm³/mol. The Morgan fingerprint density at radius 1 is 0.917 bits per heavy atom. The van der Waals surface area contributed by atoms with Crippen LogP contribution in [0.4, 0.5) is 0 Å². The van der Waals surface area contributed by atoms with Crippen LogP contribution in [0.2, 0.25) is 0 Å². The predicted octanol–water partition coefficient (Wildman–Crippen LogP) is 0.443. The molecule has 2 rings (SSSR count). The standard InChI is InChI=1S/C9H16O3/c10-6-8-2-1-3-9(7-11,12-8)5-4-8/h10-11H,1-7H2. The highest BCUT2D eigenvalue weighted by Gasteiger charge is 2.51. The van der Waals surface area contributed by atoms with Gasteiger partial charge in [-0.15, -0.1) is 0 Å². The van der Waals surface area contributed by atoms with Gasteiger partial charge in [-0.1, -0.05) is 0 Å². The summed E-state index contributed by atoms with van der Waals surface area (Å²) in [5, 5.41) is 18.3.